The lowest BCUT2D eigenvalue weighted by Crippen LogP contribution is -2.29. The molecule has 1 saturated carbocycles. The van der Waals surface area contributed by atoms with Gasteiger partial charge in [-0.2, -0.15) is 0 Å². The fourth-order valence-electron chi connectivity index (χ4n) is 2.38. The van der Waals surface area contributed by atoms with E-state index in [-0.39, 0.29) is 0 Å². The summed E-state index contributed by atoms with van der Waals surface area (Å²) in [5, 5.41) is 5.12. The molecule has 0 saturated heterocycles. The number of anilines is 1. The van der Waals surface area contributed by atoms with Crippen molar-refractivity contribution in [2.24, 2.45) is 11.7 Å². The molecular formula is C13H18N2O2S. The summed E-state index contributed by atoms with van der Waals surface area (Å²) in [6.07, 6.45) is 5.91. The van der Waals surface area contributed by atoms with Crippen molar-refractivity contribution < 1.29 is 9.59 Å². The molecule has 1 aromatic heterocycles. The minimum absolute atomic E-state index is 0.356. The van der Waals surface area contributed by atoms with Crippen LogP contribution in [-0.2, 0) is 0 Å². The Hall–Kier alpha value is -1.20. The molecule has 0 spiro atoms. The summed E-state index contributed by atoms with van der Waals surface area (Å²) in [5.41, 5.74) is 7.14. The van der Waals surface area contributed by atoms with Crippen LogP contribution in [0.15, 0.2) is 5.38 Å². The number of aldehydes is 2. The number of carbonyl (C=O) groups excluding carboxylic acids is 2. The molecule has 1 heterocycles. The van der Waals surface area contributed by atoms with Gasteiger partial charge in [0.1, 0.15) is 0 Å². The van der Waals surface area contributed by atoms with Crippen molar-refractivity contribution in [3.63, 3.8) is 0 Å². The Morgan fingerprint density at radius 3 is 2.61 bits per heavy atom. The molecule has 0 aliphatic heterocycles. The maximum Gasteiger partial charge on any atom is 0.160 e. The second kappa shape index (κ2) is 6.11. The molecule has 2 rings (SSSR count). The number of thiophene rings is 1. The van der Waals surface area contributed by atoms with Crippen molar-refractivity contribution in [3.05, 3.63) is 15.8 Å². The van der Waals surface area contributed by atoms with Crippen LogP contribution < -0.4 is 11.1 Å². The van der Waals surface area contributed by atoms with Gasteiger partial charge < -0.3 is 11.1 Å². The standard InChI is InChI=1S/C13H18N2O2S/c14-10-3-1-9(2-4-10)5-15-12-8-18-13(7-17)11(12)6-16/h6-10,15H,1-5,14H2. The predicted molar refractivity (Wildman–Crippen MR) is 73.5 cm³/mol. The van der Waals surface area contributed by atoms with Gasteiger partial charge in [0, 0.05) is 18.0 Å². The third-order valence-corrected chi connectivity index (χ3v) is 4.48. The van der Waals surface area contributed by atoms with Crippen LogP contribution in [0.25, 0.3) is 0 Å². The van der Waals surface area contributed by atoms with Gasteiger partial charge in [-0.1, -0.05) is 0 Å². The van der Waals surface area contributed by atoms with Crippen LogP contribution in [0.2, 0.25) is 0 Å². The van der Waals surface area contributed by atoms with E-state index in [0.717, 1.165) is 50.5 Å². The molecule has 1 aromatic rings. The topological polar surface area (TPSA) is 72.2 Å². The molecule has 4 nitrogen and oxygen atoms in total. The molecular weight excluding hydrogens is 248 g/mol. The van der Waals surface area contributed by atoms with Crippen molar-refractivity contribution in [3.8, 4) is 0 Å². The summed E-state index contributed by atoms with van der Waals surface area (Å²) in [7, 11) is 0. The van der Waals surface area contributed by atoms with Gasteiger partial charge in [0.2, 0.25) is 0 Å². The van der Waals surface area contributed by atoms with Crippen LogP contribution >= 0.6 is 11.3 Å². The molecule has 98 valence electrons. The van der Waals surface area contributed by atoms with Gasteiger partial charge >= 0.3 is 0 Å². The average Bonchev–Trinajstić information content (AvgIpc) is 2.80. The number of carbonyl (C=O) groups is 2. The van der Waals surface area contributed by atoms with E-state index in [2.05, 4.69) is 5.32 Å². The number of hydrogen-bond donors (Lipinski definition) is 2. The molecule has 3 N–H and O–H groups in total. The maximum atomic E-state index is 11.0. The van der Waals surface area contributed by atoms with E-state index in [1.54, 1.807) is 0 Å². The second-order valence-electron chi connectivity index (χ2n) is 4.82. The van der Waals surface area contributed by atoms with E-state index < -0.39 is 0 Å². The molecule has 0 aromatic carbocycles. The van der Waals surface area contributed by atoms with Crippen molar-refractivity contribution in [1.29, 1.82) is 0 Å². The summed E-state index contributed by atoms with van der Waals surface area (Å²) >= 11 is 1.31. The zero-order chi connectivity index (χ0) is 13.0. The van der Waals surface area contributed by atoms with Gasteiger partial charge in [0.05, 0.1) is 16.1 Å². The summed E-state index contributed by atoms with van der Waals surface area (Å²) < 4.78 is 0. The highest BCUT2D eigenvalue weighted by Crippen LogP contribution is 2.27. The lowest BCUT2D eigenvalue weighted by molar-refractivity contribution is 0.109. The van der Waals surface area contributed by atoms with Crippen molar-refractivity contribution in [1.82, 2.24) is 0 Å². The Morgan fingerprint density at radius 2 is 2.00 bits per heavy atom. The first-order chi connectivity index (χ1) is 8.74. The van der Waals surface area contributed by atoms with Gasteiger partial charge in [-0.25, -0.2) is 0 Å². The molecule has 0 atom stereocenters. The smallest absolute Gasteiger partial charge is 0.160 e. The Labute approximate surface area is 111 Å². The first-order valence-corrected chi connectivity index (χ1v) is 7.14. The number of nitrogens with two attached hydrogens (primary N) is 1. The van der Waals surface area contributed by atoms with Crippen LogP contribution in [0.5, 0.6) is 0 Å². The van der Waals surface area contributed by atoms with Gasteiger partial charge in [-0.05, 0) is 31.6 Å². The fourth-order valence-corrected chi connectivity index (χ4v) is 3.17. The number of rotatable bonds is 5. The third-order valence-electron chi connectivity index (χ3n) is 3.56. The highest BCUT2D eigenvalue weighted by atomic mass is 32.1. The van der Waals surface area contributed by atoms with E-state index in [9.17, 15) is 9.59 Å². The van der Waals surface area contributed by atoms with Crippen molar-refractivity contribution in [2.75, 3.05) is 11.9 Å². The van der Waals surface area contributed by atoms with Crippen LogP contribution in [-0.4, -0.2) is 25.2 Å². The minimum Gasteiger partial charge on any atom is -0.383 e. The largest absolute Gasteiger partial charge is 0.383 e. The van der Waals surface area contributed by atoms with E-state index >= 15 is 0 Å². The van der Waals surface area contributed by atoms with Crippen LogP contribution in [0.3, 0.4) is 0 Å². The molecule has 0 unspecified atom stereocenters. The molecule has 0 radical (unpaired) electrons. The van der Waals surface area contributed by atoms with Gasteiger partial charge in [-0.15, -0.1) is 11.3 Å². The van der Waals surface area contributed by atoms with E-state index in [4.69, 9.17) is 5.73 Å². The quantitative estimate of drug-likeness (QED) is 0.802. The Bertz CT molecular complexity index is 423. The van der Waals surface area contributed by atoms with Gasteiger partial charge in [0.25, 0.3) is 0 Å². The SMILES string of the molecule is NC1CCC(CNc2csc(C=O)c2C=O)CC1. The fraction of sp³-hybridized carbons (Fsp3) is 0.538. The molecule has 1 aliphatic carbocycles. The minimum atomic E-state index is 0.356. The normalized spacial score (nSPS) is 23.6. The van der Waals surface area contributed by atoms with E-state index in [1.807, 2.05) is 5.38 Å². The zero-order valence-corrected chi connectivity index (χ0v) is 11.0. The average molecular weight is 266 g/mol. The number of hydrogen-bond acceptors (Lipinski definition) is 5. The first kappa shape index (κ1) is 13.2. The van der Waals surface area contributed by atoms with E-state index in [0.29, 0.717) is 22.4 Å². The summed E-state index contributed by atoms with van der Waals surface area (Å²) in [6.45, 7) is 0.850. The van der Waals surface area contributed by atoms with Crippen LogP contribution in [0.1, 0.15) is 45.7 Å². The molecule has 5 heteroatoms. The molecule has 0 bridgehead atoms. The molecule has 1 aliphatic rings. The third kappa shape index (κ3) is 2.97. The zero-order valence-electron chi connectivity index (χ0n) is 10.2. The first-order valence-electron chi connectivity index (χ1n) is 6.26. The van der Waals surface area contributed by atoms with Crippen LogP contribution in [0.4, 0.5) is 5.69 Å². The van der Waals surface area contributed by atoms with Gasteiger partial charge in [0.15, 0.2) is 12.6 Å². The molecule has 1 fully saturated rings. The van der Waals surface area contributed by atoms with Crippen molar-refractivity contribution in [2.45, 2.75) is 31.7 Å². The van der Waals surface area contributed by atoms with E-state index in [1.165, 1.54) is 11.3 Å². The molecule has 18 heavy (non-hydrogen) atoms. The second-order valence-corrected chi connectivity index (χ2v) is 5.74. The lowest BCUT2D eigenvalue weighted by atomic mass is 9.86. The number of nitrogens with one attached hydrogen (secondary N) is 1. The highest BCUT2D eigenvalue weighted by molar-refractivity contribution is 7.12. The highest BCUT2D eigenvalue weighted by Gasteiger charge is 2.19. The van der Waals surface area contributed by atoms with Crippen molar-refractivity contribution >= 4 is 29.6 Å². The maximum absolute atomic E-state index is 11.0. The predicted octanol–water partition coefficient (Wildman–Crippen LogP) is 2.30. The van der Waals surface area contributed by atoms with Crippen LogP contribution in [0, 0.1) is 5.92 Å². The Balaban J connectivity index is 1.92. The molecule has 0 amide bonds. The summed E-state index contributed by atoms with van der Waals surface area (Å²) in [4.78, 5) is 22.2. The Morgan fingerprint density at radius 1 is 1.28 bits per heavy atom. The monoisotopic (exact) mass is 266 g/mol. The lowest BCUT2D eigenvalue weighted by Gasteiger charge is -2.26. The van der Waals surface area contributed by atoms with Gasteiger partial charge in [-0.3, -0.25) is 9.59 Å². The summed E-state index contributed by atoms with van der Waals surface area (Å²) in [6, 6.07) is 0.356. The summed E-state index contributed by atoms with van der Waals surface area (Å²) in [5.74, 6) is 0.615. The Kier molecular flexibility index (Phi) is 4.49.